The molecule has 3 heteroatoms. The lowest BCUT2D eigenvalue weighted by Crippen LogP contribution is -2.44. The van der Waals surface area contributed by atoms with Crippen LogP contribution in [0.1, 0.15) is 65.2 Å². The van der Waals surface area contributed by atoms with Crippen LogP contribution in [-0.4, -0.2) is 30.2 Å². The summed E-state index contributed by atoms with van der Waals surface area (Å²) in [6.45, 7) is 5.81. The van der Waals surface area contributed by atoms with Gasteiger partial charge in [-0.2, -0.15) is 0 Å². The van der Waals surface area contributed by atoms with E-state index in [9.17, 15) is 4.79 Å². The lowest BCUT2D eigenvalue weighted by atomic mass is 9.99. The van der Waals surface area contributed by atoms with Crippen molar-refractivity contribution in [2.75, 3.05) is 13.2 Å². The Kier molecular flexibility index (Phi) is 7.06. The Morgan fingerprint density at radius 1 is 1.24 bits per heavy atom. The molecule has 100 valence electrons. The fourth-order valence-electron chi connectivity index (χ4n) is 2.47. The number of amides is 1. The van der Waals surface area contributed by atoms with Crippen LogP contribution in [0.5, 0.6) is 0 Å². The molecule has 0 aromatic heterocycles. The van der Waals surface area contributed by atoms with Crippen molar-refractivity contribution in [3.63, 3.8) is 0 Å². The van der Waals surface area contributed by atoms with Crippen molar-refractivity contribution >= 4 is 6.09 Å². The zero-order valence-corrected chi connectivity index (χ0v) is 11.4. The molecule has 0 aromatic carbocycles. The average molecular weight is 241 g/mol. The van der Waals surface area contributed by atoms with Crippen LogP contribution in [0.3, 0.4) is 0 Å². The molecule has 0 aliphatic carbocycles. The van der Waals surface area contributed by atoms with E-state index >= 15 is 0 Å². The van der Waals surface area contributed by atoms with E-state index in [1.807, 2.05) is 4.90 Å². The van der Waals surface area contributed by atoms with Gasteiger partial charge in [0.25, 0.3) is 0 Å². The molecular formula is C14H27NO2. The third kappa shape index (κ3) is 4.97. The zero-order chi connectivity index (χ0) is 12.5. The minimum absolute atomic E-state index is 0.0840. The van der Waals surface area contributed by atoms with Gasteiger partial charge in [0.1, 0.15) is 0 Å². The standard InChI is InChI=1S/C14H27NO2/c1-3-5-8-12-17-14(16)15-11-7-6-10-13(15)9-4-2/h13H,3-12H2,1-2H3/t13-/m1/s1. The quantitative estimate of drug-likeness (QED) is 0.659. The summed E-state index contributed by atoms with van der Waals surface area (Å²) in [5.41, 5.74) is 0. The molecule has 1 fully saturated rings. The number of rotatable bonds is 6. The first-order valence-corrected chi connectivity index (χ1v) is 7.23. The topological polar surface area (TPSA) is 29.5 Å². The molecule has 1 heterocycles. The number of carbonyl (C=O) groups excluding carboxylic acids is 1. The minimum Gasteiger partial charge on any atom is -0.449 e. The average Bonchev–Trinajstić information content (AvgIpc) is 2.35. The molecule has 1 rings (SSSR count). The van der Waals surface area contributed by atoms with E-state index in [0.717, 1.165) is 45.1 Å². The fourth-order valence-corrected chi connectivity index (χ4v) is 2.47. The SMILES string of the molecule is CCCCCOC(=O)N1CCCC[C@H]1CCC. The molecule has 0 saturated carbocycles. The summed E-state index contributed by atoms with van der Waals surface area (Å²) in [7, 11) is 0. The molecule has 0 radical (unpaired) electrons. The predicted molar refractivity (Wildman–Crippen MR) is 70.1 cm³/mol. The molecule has 0 bridgehead atoms. The van der Waals surface area contributed by atoms with Crippen LogP contribution in [0.15, 0.2) is 0 Å². The van der Waals surface area contributed by atoms with Crippen LogP contribution in [0.25, 0.3) is 0 Å². The van der Waals surface area contributed by atoms with Crippen LogP contribution < -0.4 is 0 Å². The highest BCUT2D eigenvalue weighted by molar-refractivity contribution is 5.68. The van der Waals surface area contributed by atoms with Gasteiger partial charge >= 0.3 is 6.09 Å². The highest BCUT2D eigenvalue weighted by Crippen LogP contribution is 2.21. The highest BCUT2D eigenvalue weighted by atomic mass is 16.6. The van der Waals surface area contributed by atoms with Crippen molar-refractivity contribution in [1.29, 1.82) is 0 Å². The van der Waals surface area contributed by atoms with Gasteiger partial charge in [-0.3, -0.25) is 0 Å². The van der Waals surface area contributed by atoms with Crippen molar-refractivity contribution in [2.24, 2.45) is 0 Å². The first kappa shape index (κ1) is 14.3. The Hall–Kier alpha value is -0.730. The molecule has 1 aliphatic heterocycles. The molecule has 1 aliphatic rings. The normalized spacial score (nSPS) is 20.4. The first-order chi connectivity index (χ1) is 8.29. The number of hydrogen-bond donors (Lipinski definition) is 0. The van der Waals surface area contributed by atoms with Gasteiger partial charge in [0, 0.05) is 12.6 Å². The summed E-state index contributed by atoms with van der Waals surface area (Å²) in [5, 5.41) is 0. The largest absolute Gasteiger partial charge is 0.449 e. The maximum absolute atomic E-state index is 12.0. The maximum Gasteiger partial charge on any atom is 0.410 e. The summed E-state index contributed by atoms with van der Waals surface area (Å²) < 4.78 is 5.35. The fraction of sp³-hybridized carbons (Fsp3) is 0.929. The molecule has 3 nitrogen and oxygen atoms in total. The zero-order valence-electron chi connectivity index (χ0n) is 11.4. The Morgan fingerprint density at radius 2 is 2.06 bits per heavy atom. The summed E-state index contributed by atoms with van der Waals surface area (Å²) in [6, 6.07) is 0.424. The van der Waals surface area contributed by atoms with Gasteiger partial charge in [-0.15, -0.1) is 0 Å². The minimum atomic E-state index is -0.0840. The number of ether oxygens (including phenoxy) is 1. The van der Waals surface area contributed by atoms with Gasteiger partial charge in [0.2, 0.25) is 0 Å². The van der Waals surface area contributed by atoms with E-state index in [0.29, 0.717) is 12.6 Å². The van der Waals surface area contributed by atoms with Crippen LogP contribution >= 0.6 is 0 Å². The van der Waals surface area contributed by atoms with E-state index < -0.39 is 0 Å². The molecule has 0 spiro atoms. The van der Waals surface area contributed by atoms with Crippen molar-refractivity contribution in [3.05, 3.63) is 0 Å². The number of piperidine rings is 1. The van der Waals surface area contributed by atoms with Gasteiger partial charge in [0.05, 0.1) is 6.61 Å². The molecule has 1 atom stereocenters. The van der Waals surface area contributed by atoms with Crippen LogP contribution in [-0.2, 0) is 4.74 Å². The molecule has 0 unspecified atom stereocenters. The second-order valence-electron chi connectivity index (χ2n) is 4.95. The summed E-state index contributed by atoms with van der Waals surface area (Å²) in [6.07, 6.45) is 9.01. The van der Waals surface area contributed by atoms with Crippen molar-refractivity contribution < 1.29 is 9.53 Å². The Balaban J connectivity index is 2.31. The first-order valence-electron chi connectivity index (χ1n) is 7.23. The Labute approximate surface area is 106 Å². The van der Waals surface area contributed by atoms with Gasteiger partial charge < -0.3 is 9.64 Å². The van der Waals surface area contributed by atoms with Crippen LogP contribution in [0.4, 0.5) is 4.79 Å². The van der Waals surface area contributed by atoms with Gasteiger partial charge in [-0.25, -0.2) is 4.79 Å². The van der Waals surface area contributed by atoms with E-state index in [1.54, 1.807) is 0 Å². The third-order valence-corrected chi connectivity index (χ3v) is 3.46. The molecule has 0 aromatic rings. The monoisotopic (exact) mass is 241 g/mol. The second kappa shape index (κ2) is 8.37. The third-order valence-electron chi connectivity index (χ3n) is 3.46. The highest BCUT2D eigenvalue weighted by Gasteiger charge is 2.26. The maximum atomic E-state index is 12.0. The summed E-state index contributed by atoms with van der Waals surface area (Å²) in [5.74, 6) is 0. The number of nitrogens with zero attached hydrogens (tertiary/aromatic N) is 1. The van der Waals surface area contributed by atoms with Gasteiger partial charge in [0.15, 0.2) is 0 Å². The lowest BCUT2D eigenvalue weighted by molar-refractivity contribution is 0.0696. The summed E-state index contributed by atoms with van der Waals surface area (Å²) >= 11 is 0. The molecule has 17 heavy (non-hydrogen) atoms. The second-order valence-corrected chi connectivity index (χ2v) is 4.95. The van der Waals surface area contributed by atoms with Crippen LogP contribution in [0, 0.1) is 0 Å². The smallest absolute Gasteiger partial charge is 0.410 e. The van der Waals surface area contributed by atoms with Gasteiger partial charge in [-0.1, -0.05) is 33.1 Å². The summed E-state index contributed by atoms with van der Waals surface area (Å²) in [4.78, 5) is 13.9. The van der Waals surface area contributed by atoms with E-state index in [4.69, 9.17) is 4.74 Å². The Bertz CT molecular complexity index is 216. The number of unbranched alkanes of at least 4 members (excludes halogenated alkanes) is 2. The van der Waals surface area contributed by atoms with Crippen molar-refractivity contribution in [1.82, 2.24) is 4.90 Å². The molecule has 1 amide bonds. The van der Waals surface area contributed by atoms with Crippen molar-refractivity contribution in [2.45, 2.75) is 71.3 Å². The van der Waals surface area contributed by atoms with E-state index in [-0.39, 0.29) is 6.09 Å². The van der Waals surface area contributed by atoms with Crippen molar-refractivity contribution in [3.8, 4) is 0 Å². The predicted octanol–water partition coefficient (Wildman–Crippen LogP) is 3.97. The van der Waals surface area contributed by atoms with Gasteiger partial charge in [-0.05, 0) is 32.1 Å². The molecule has 1 saturated heterocycles. The van der Waals surface area contributed by atoms with E-state index in [1.165, 1.54) is 12.8 Å². The number of likely N-dealkylation sites (tertiary alicyclic amines) is 1. The number of carbonyl (C=O) groups is 1. The number of hydrogen-bond acceptors (Lipinski definition) is 2. The lowest BCUT2D eigenvalue weighted by Gasteiger charge is -2.34. The van der Waals surface area contributed by atoms with E-state index in [2.05, 4.69) is 13.8 Å². The Morgan fingerprint density at radius 3 is 2.76 bits per heavy atom. The molecular weight excluding hydrogens is 214 g/mol. The van der Waals surface area contributed by atoms with Crippen LogP contribution in [0.2, 0.25) is 0 Å². The molecule has 0 N–H and O–H groups in total.